The summed E-state index contributed by atoms with van der Waals surface area (Å²) in [6.45, 7) is 11.5. The lowest BCUT2D eigenvalue weighted by Crippen LogP contribution is -2.25. The lowest BCUT2D eigenvalue weighted by atomic mass is 9.90. The van der Waals surface area contributed by atoms with Gasteiger partial charge in [-0.3, -0.25) is 4.57 Å². The SMILES string of the molecule is C=C(/C=C\C=C/C)[C@H]1CN(c2nn(Cc3ccc(C)cc3)c(=O)n2C)N=C1c1ccc(CC)cc1. The number of aryl methyl sites for hydroxylation is 2. The zero-order valence-corrected chi connectivity index (χ0v) is 21.0. The maximum absolute atomic E-state index is 13.0. The van der Waals surface area contributed by atoms with Gasteiger partial charge in [0.15, 0.2) is 0 Å². The van der Waals surface area contributed by atoms with Gasteiger partial charge in [-0.1, -0.05) is 91.9 Å². The van der Waals surface area contributed by atoms with Gasteiger partial charge in [0.25, 0.3) is 0 Å². The molecular formula is C29H33N5O. The van der Waals surface area contributed by atoms with E-state index in [2.05, 4.69) is 42.9 Å². The first-order valence-corrected chi connectivity index (χ1v) is 12.0. The van der Waals surface area contributed by atoms with Gasteiger partial charge in [-0.05, 0) is 42.5 Å². The molecule has 4 rings (SSSR count). The normalized spacial score (nSPS) is 15.9. The molecule has 6 heteroatoms. The summed E-state index contributed by atoms with van der Waals surface area (Å²) in [5, 5.41) is 11.4. The molecule has 1 atom stereocenters. The molecule has 6 nitrogen and oxygen atoms in total. The molecular weight excluding hydrogens is 434 g/mol. The summed E-state index contributed by atoms with van der Waals surface area (Å²) in [5.74, 6) is 0.513. The van der Waals surface area contributed by atoms with Crippen LogP contribution in [0.4, 0.5) is 5.95 Å². The van der Waals surface area contributed by atoms with Gasteiger partial charge in [0.05, 0.1) is 18.8 Å². The van der Waals surface area contributed by atoms with Crippen LogP contribution in [-0.4, -0.2) is 26.6 Å². The number of anilines is 1. The molecule has 0 amide bonds. The van der Waals surface area contributed by atoms with Crippen LogP contribution in [0.2, 0.25) is 0 Å². The highest BCUT2D eigenvalue weighted by Gasteiger charge is 2.32. The first-order valence-electron chi connectivity index (χ1n) is 12.0. The van der Waals surface area contributed by atoms with Gasteiger partial charge < -0.3 is 0 Å². The van der Waals surface area contributed by atoms with Crippen LogP contribution in [0, 0.1) is 12.8 Å². The molecule has 2 aromatic carbocycles. The Morgan fingerprint density at radius 3 is 2.43 bits per heavy atom. The number of aromatic nitrogens is 3. The van der Waals surface area contributed by atoms with Gasteiger partial charge in [0.2, 0.25) is 5.95 Å². The van der Waals surface area contributed by atoms with E-state index in [0.29, 0.717) is 19.0 Å². The minimum atomic E-state index is -0.167. The van der Waals surface area contributed by atoms with E-state index in [9.17, 15) is 4.79 Å². The van der Waals surface area contributed by atoms with Crippen LogP contribution in [0.1, 0.15) is 36.1 Å². The van der Waals surface area contributed by atoms with Crippen molar-refractivity contribution in [3.05, 3.63) is 118 Å². The predicted molar refractivity (Wildman–Crippen MR) is 144 cm³/mol. The molecule has 0 N–H and O–H groups in total. The number of hydrogen-bond acceptors (Lipinski definition) is 4. The number of rotatable bonds is 8. The summed E-state index contributed by atoms with van der Waals surface area (Å²) >= 11 is 0. The molecule has 0 saturated carbocycles. The third kappa shape index (κ3) is 5.27. The average Bonchev–Trinajstić information content (AvgIpc) is 3.43. The van der Waals surface area contributed by atoms with Crippen molar-refractivity contribution in [2.75, 3.05) is 11.6 Å². The Morgan fingerprint density at radius 1 is 1.09 bits per heavy atom. The molecule has 0 bridgehead atoms. The van der Waals surface area contributed by atoms with Crippen molar-refractivity contribution in [2.45, 2.75) is 33.7 Å². The summed E-state index contributed by atoms with van der Waals surface area (Å²) in [6.07, 6.45) is 8.98. The van der Waals surface area contributed by atoms with Crippen molar-refractivity contribution in [3.8, 4) is 0 Å². The van der Waals surface area contributed by atoms with Crippen LogP contribution in [0.3, 0.4) is 0 Å². The molecule has 1 aliphatic rings. The largest absolute Gasteiger partial charge is 0.347 e. The van der Waals surface area contributed by atoms with Gasteiger partial charge in [-0.25, -0.2) is 14.5 Å². The highest BCUT2D eigenvalue weighted by Crippen LogP contribution is 2.28. The predicted octanol–water partition coefficient (Wildman–Crippen LogP) is 5.03. The quantitative estimate of drug-likeness (QED) is 0.437. The van der Waals surface area contributed by atoms with Gasteiger partial charge in [0, 0.05) is 13.0 Å². The van der Waals surface area contributed by atoms with Crippen LogP contribution in [-0.2, 0) is 20.0 Å². The molecule has 1 aliphatic heterocycles. The maximum atomic E-state index is 13.0. The zero-order valence-electron chi connectivity index (χ0n) is 21.0. The number of allylic oxidation sites excluding steroid dienone is 4. The lowest BCUT2D eigenvalue weighted by Gasteiger charge is -2.15. The Morgan fingerprint density at radius 2 is 1.77 bits per heavy atom. The molecule has 0 aliphatic carbocycles. The molecule has 0 fully saturated rings. The standard InChI is InChI=1S/C29H33N5O/c1-6-8-9-10-22(4)26-20-33(30-27(26)25-17-15-23(7-2)16-18-25)28-31-34(29(35)32(28)5)19-24-13-11-21(3)12-14-24/h6,8-18,26H,4,7,19-20H2,1-3,5H3/b8-6-,10-9-/t26-/m1/s1. The molecule has 35 heavy (non-hydrogen) atoms. The molecule has 2 heterocycles. The average molecular weight is 468 g/mol. The second kappa shape index (κ2) is 10.6. The van der Waals surface area contributed by atoms with Crippen LogP contribution in [0.5, 0.6) is 0 Å². The van der Waals surface area contributed by atoms with E-state index in [-0.39, 0.29) is 11.6 Å². The van der Waals surface area contributed by atoms with Crippen molar-refractivity contribution in [3.63, 3.8) is 0 Å². The Bertz CT molecular complexity index is 1340. The van der Waals surface area contributed by atoms with E-state index in [1.165, 1.54) is 15.8 Å². The first kappa shape index (κ1) is 24.2. The van der Waals surface area contributed by atoms with E-state index in [4.69, 9.17) is 5.10 Å². The van der Waals surface area contributed by atoms with Crippen LogP contribution in [0.15, 0.2) is 94.9 Å². The Kier molecular flexibility index (Phi) is 7.30. The third-order valence-electron chi connectivity index (χ3n) is 6.34. The van der Waals surface area contributed by atoms with Crippen LogP contribution >= 0.6 is 0 Å². The van der Waals surface area contributed by atoms with E-state index < -0.39 is 0 Å². The summed E-state index contributed by atoms with van der Waals surface area (Å²) in [7, 11) is 1.75. The molecule has 1 aromatic heterocycles. The van der Waals surface area contributed by atoms with Gasteiger partial charge in [-0.15, -0.1) is 5.10 Å². The molecule has 0 saturated heterocycles. The maximum Gasteiger partial charge on any atom is 0.347 e. The van der Waals surface area contributed by atoms with Gasteiger partial charge >= 0.3 is 5.69 Å². The zero-order chi connectivity index (χ0) is 24.9. The van der Waals surface area contributed by atoms with Crippen molar-refractivity contribution in [1.29, 1.82) is 0 Å². The Labute approximate surface area is 207 Å². The van der Waals surface area contributed by atoms with E-state index in [0.717, 1.165) is 28.8 Å². The Balaban J connectivity index is 1.68. The van der Waals surface area contributed by atoms with Crippen molar-refractivity contribution >= 4 is 11.7 Å². The van der Waals surface area contributed by atoms with Crippen molar-refractivity contribution in [1.82, 2.24) is 14.3 Å². The second-order valence-corrected chi connectivity index (χ2v) is 8.92. The van der Waals surface area contributed by atoms with E-state index in [1.54, 1.807) is 11.6 Å². The van der Waals surface area contributed by atoms with Gasteiger partial charge in [-0.2, -0.15) is 5.10 Å². The number of nitrogens with zero attached hydrogens (tertiary/aromatic N) is 5. The smallest absolute Gasteiger partial charge is 0.263 e. The minimum absolute atomic E-state index is 0.0127. The van der Waals surface area contributed by atoms with Crippen molar-refractivity contribution < 1.29 is 0 Å². The van der Waals surface area contributed by atoms with Crippen molar-refractivity contribution in [2.24, 2.45) is 18.1 Å². The molecule has 180 valence electrons. The van der Waals surface area contributed by atoms with Crippen LogP contribution in [0.25, 0.3) is 0 Å². The number of hydrogen-bond donors (Lipinski definition) is 0. The topological polar surface area (TPSA) is 55.4 Å². The minimum Gasteiger partial charge on any atom is -0.263 e. The van der Waals surface area contributed by atoms with E-state index >= 15 is 0 Å². The molecule has 0 radical (unpaired) electrons. The summed E-state index contributed by atoms with van der Waals surface area (Å²) in [6, 6.07) is 16.7. The highest BCUT2D eigenvalue weighted by atomic mass is 16.2. The lowest BCUT2D eigenvalue weighted by molar-refractivity contribution is 0.645. The fourth-order valence-electron chi connectivity index (χ4n) is 4.17. The monoisotopic (exact) mass is 467 g/mol. The Hall–Kier alpha value is -3.93. The second-order valence-electron chi connectivity index (χ2n) is 8.92. The first-order chi connectivity index (χ1) is 16.9. The fourth-order valence-corrected chi connectivity index (χ4v) is 4.17. The van der Waals surface area contributed by atoms with Gasteiger partial charge in [0.1, 0.15) is 0 Å². The summed E-state index contributed by atoms with van der Waals surface area (Å²) in [5.41, 5.74) is 6.29. The number of hydrazone groups is 1. The number of benzene rings is 2. The van der Waals surface area contributed by atoms with Crippen LogP contribution < -0.4 is 10.7 Å². The summed E-state index contributed by atoms with van der Waals surface area (Å²) < 4.78 is 3.07. The summed E-state index contributed by atoms with van der Waals surface area (Å²) in [4.78, 5) is 13.0. The fraction of sp³-hybridized carbons (Fsp3) is 0.276. The molecule has 3 aromatic rings. The highest BCUT2D eigenvalue weighted by molar-refractivity contribution is 6.06. The third-order valence-corrected chi connectivity index (χ3v) is 6.34. The van der Waals surface area contributed by atoms with E-state index in [1.807, 2.05) is 67.4 Å². The molecule has 0 unspecified atom stereocenters. The molecule has 0 spiro atoms.